The molecule has 6 nitrogen and oxygen atoms in total. The number of rotatable bonds is 5. The van der Waals surface area contributed by atoms with Crippen LogP contribution < -0.4 is 15.4 Å². The number of nitrogens with one attached hydrogen (secondary N) is 2. The number of carbonyl (C=O) groups excluding carboxylic acids is 2. The van der Waals surface area contributed by atoms with Gasteiger partial charge in [-0.3, -0.25) is 9.59 Å². The van der Waals surface area contributed by atoms with Crippen molar-refractivity contribution in [3.05, 3.63) is 189 Å². The summed E-state index contributed by atoms with van der Waals surface area (Å²) in [4.78, 5) is 26.6. The molecule has 3 N–H and O–H groups in total. The first-order chi connectivity index (χ1) is 28.2. The molecule has 8 rings (SSSR count). The van der Waals surface area contributed by atoms with E-state index in [0.717, 1.165) is 41.5 Å². The molecule has 60 heavy (non-hydrogen) atoms. The van der Waals surface area contributed by atoms with Crippen molar-refractivity contribution < 1.29 is 58.9 Å². The average molecular weight is 835 g/mol. The summed E-state index contributed by atoms with van der Waals surface area (Å²) in [6.45, 7) is 3.85. The number of phenolic OH excluding ortho intramolecular Hbond substituents is 1. The van der Waals surface area contributed by atoms with E-state index in [4.69, 9.17) is 0 Å². The number of para-hydroxylation sites is 2. The fraction of sp³-hybridized carbons (Fsp3) is 0.156. The molecule has 0 spiro atoms. The number of anilines is 2. The molecular formula is C45H31F9N2O4. The van der Waals surface area contributed by atoms with Crippen LogP contribution in [0.4, 0.5) is 50.9 Å². The van der Waals surface area contributed by atoms with Gasteiger partial charge in [0.25, 0.3) is 0 Å². The molecular weight excluding hydrogens is 803 g/mol. The Morgan fingerprint density at radius 2 is 0.817 bits per heavy atom. The van der Waals surface area contributed by atoms with Crippen molar-refractivity contribution >= 4 is 23.2 Å². The molecule has 6 aromatic carbocycles. The van der Waals surface area contributed by atoms with Crippen LogP contribution in [-0.4, -0.2) is 23.3 Å². The van der Waals surface area contributed by atoms with Gasteiger partial charge in [-0.2, -0.15) is 26.3 Å². The highest BCUT2D eigenvalue weighted by Crippen LogP contribution is 2.53. The van der Waals surface area contributed by atoms with E-state index in [1.807, 2.05) is 62.4 Å². The number of alkyl halides is 9. The highest BCUT2D eigenvalue weighted by atomic mass is 19.4. The van der Waals surface area contributed by atoms with Gasteiger partial charge in [-0.1, -0.05) is 108 Å². The molecule has 2 aliphatic heterocycles. The monoisotopic (exact) mass is 834 g/mol. The van der Waals surface area contributed by atoms with E-state index in [2.05, 4.69) is 15.4 Å². The molecule has 0 saturated carbocycles. The van der Waals surface area contributed by atoms with Gasteiger partial charge in [0.05, 0.1) is 22.5 Å². The van der Waals surface area contributed by atoms with Gasteiger partial charge in [0.1, 0.15) is 22.3 Å². The van der Waals surface area contributed by atoms with Gasteiger partial charge < -0.3 is 20.5 Å². The van der Waals surface area contributed by atoms with Crippen molar-refractivity contribution in [2.24, 2.45) is 0 Å². The summed E-state index contributed by atoms with van der Waals surface area (Å²) in [5.74, 6) is -1.99. The molecule has 0 aromatic heterocycles. The van der Waals surface area contributed by atoms with Gasteiger partial charge in [0, 0.05) is 11.1 Å². The van der Waals surface area contributed by atoms with Crippen LogP contribution in [0.15, 0.2) is 133 Å². The number of fused-ring (bicyclic) bond motifs is 2. The van der Waals surface area contributed by atoms with Crippen LogP contribution in [0.2, 0.25) is 0 Å². The maximum atomic E-state index is 13.6. The number of benzene rings is 6. The smallest absolute Gasteiger partial charge is 0.508 e. The molecule has 2 heterocycles. The van der Waals surface area contributed by atoms with Gasteiger partial charge in [-0.05, 0) is 72.5 Å². The Morgan fingerprint density at radius 1 is 0.483 bits per heavy atom. The fourth-order valence-corrected chi connectivity index (χ4v) is 7.84. The van der Waals surface area contributed by atoms with Crippen molar-refractivity contribution in [2.45, 2.75) is 43.4 Å². The average Bonchev–Trinajstić information content (AvgIpc) is 3.65. The Kier molecular flexibility index (Phi) is 10.2. The molecule has 0 fully saturated rings. The molecule has 2 aliphatic rings. The maximum absolute atomic E-state index is 13.6. The molecule has 1 atom stereocenters. The summed E-state index contributed by atoms with van der Waals surface area (Å²) in [6.07, 6.45) is -14.3. The van der Waals surface area contributed by atoms with E-state index in [-0.39, 0.29) is 28.1 Å². The Balaban J connectivity index is 0.000000183. The lowest BCUT2D eigenvalue weighted by molar-refractivity contribution is -0.274. The van der Waals surface area contributed by atoms with Crippen LogP contribution >= 0.6 is 0 Å². The number of aryl methyl sites for hydroxylation is 2. The third-order valence-corrected chi connectivity index (χ3v) is 10.5. The van der Waals surface area contributed by atoms with Gasteiger partial charge in [0.15, 0.2) is 0 Å². The van der Waals surface area contributed by atoms with Crippen molar-refractivity contribution in [1.82, 2.24) is 0 Å². The highest BCUT2D eigenvalue weighted by Gasteiger charge is 2.54. The maximum Gasteiger partial charge on any atom is 0.573 e. The molecule has 0 aliphatic carbocycles. The topological polar surface area (TPSA) is 87.7 Å². The lowest BCUT2D eigenvalue weighted by Gasteiger charge is -2.29. The third-order valence-electron chi connectivity index (χ3n) is 10.5. The van der Waals surface area contributed by atoms with Crippen molar-refractivity contribution in [3.8, 4) is 11.5 Å². The molecule has 2 amide bonds. The van der Waals surface area contributed by atoms with Crippen molar-refractivity contribution in [2.75, 3.05) is 10.6 Å². The summed E-state index contributed by atoms with van der Waals surface area (Å²) in [7, 11) is 0. The predicted molar refractivity (Wildman–Crippen MR) is 204 cm³/mol. The van der Waals surface area contributed by atoms with Crippen LogP contribution in [0.3, 0.4) is 0 Å². The molecule has 6 aromatic rings. The van der Waals surface area contributed by atoms with E-state index in [1.165, 1.54) is 48.5 Å². The Morgan fingerprint density at radius 3 is 1.15 bits per heavy atom. The summed E-state index contributed by atoms with van der Waals surface area (Å²) in [5, 5.41) is 14.5. The number of hydrogen-bond acceptors (Lipinski definition) is 4. The first-order valence-corrected chi connectivity index (χ1v) is 18.0. The van der Waals surface area contributed by atoms with E-state index in [1.54, 1.807) is 6.07 Å². The molecule has 0 unspecified atom stereocenters. The van der Waals surface area contributed by atoms with E-state index >= 15 is 0 Å². The second-order valence-electron chi connectivity index (χ2n) is 14.2. The van der Waals surface area contributed by atoms with Crippen LogP contribution in [0, 0.1) is 13.8 Å². The van der Waals surface area contributed by atoms with E-state index in [9.17, 15) is 54.2 Å². The SMILES string of the molecule is Cc1ccc(C2(c3ccc(C)cc3)C(=O)Nc3c(C(F)(F)F)cccc32)cc1.O=C1Nc2c(C(F)(F)F)cccc2[C@@]1(c1ccc(O)cc1)c1ccc(OC(F)(F)F)cc1. The second kappa shape index (κ2) is 14.8. The largest absolute Gasteiger partial charge is 0.573 e. The van der Waals surface area contributed by atoms with Crippen molar-refractivity contribution in [3.63, 3.8) is 0 Å². The lowest BCUT2D eigenvalue weighted by atomic mass is 9.70. The first kappa shape index (κ1) is 41.4. The third kappa shape index (κ3) is 7.17. The minimum atomic E-state index is -4.94. The number of aromatic hydroxyl groups is 1. The van der Waals surface area contributed by atoms with E-state index < -0.39 is 63.9 Å². The van der Waals surface area contributed by atoms with Crippen LogP contribution in [0.5, 0.6) is 11.5 Å². The zero-order valence-electron chi connectivity index (χ0n) is 31.3. The van der Waals surface area contributed by atoms with Crippen LogP contribution in [0.25, 0.3) is 0 Å². The summed E-state index contributed by atoms with van der Waals surface area (Å²) >= 11 is 0. The Labute approximate surface area is 336 Å². The number of hydrogen-bond donors (Lipinski definition) is 3. The zero-order valence-corrected chi connectivity index (χ0v) is 31.3. The number of ether oxygens (including phenoxy) is 1. The van der Waals surface area contributed by atoms with E-state index in [0.29, 0.717) is 16.7 Å². The fourth-order valence-electron chi connectivity index (χ4n) is 7.84. The normalized spacial score (nSPS) is 16.9. The lowest BCUT2D eigenvalue weighted by Crippen LogP contribution is -2.37. The summed E-state index contributed by atoms with van der Waals surface area (Å²) < 4.78 is 123. The standard InChI is InChI=1S/C23H18F3NO.C22H13F6NO3/c1-14-6-10-16(11-7-14)22(17-12-8-15(2)9-13-17)18-4-3-5-19(23(24,25)26)20(18)27-21(22)28;23-21(24,25)17-3-1-2-16-18(17)29-19(31)20(16,12-4-8-14(30)9-5-12)13-6-10-15(11-7-13)32-22(26,27)28/h3-13H,1-2H3,(H,27,28);1-11,30H,(H,29,31)/t;20-/m.1/s1. The molecule has 308 valence electrons. The van der Waals surface area contributed by atoms with Crippen molar-refractivity contribution in [1.29, 1.82) is 0 Å². The molecule has 0 saturated heterocycles. The number of amides is 2. The molecule has 0 radical (unpaired) electrons. The minimum absolute atomic E-state index is 0.0208. The van der Waals surface area contributed by atoms with Gasteiger partial charge in [0.2, 0.25) is 11.8 Å². The predicted octanol–water partition coefficient (Wildman–Crippen LogP) is 11.2. The Hall–Kier alpha value is -6.77. The quantitative estimate of drug-likeness (QED) is 0.151. The van der Waals surface area contributed by atoms with Crippen LogP contribution in [0.1, 0.15) is 55.6 Å². The van der Waals surface area contributed by atoms with Gasteiger partial charge in [-0.15, -0.1) is 13.2 Å². The highest BCUT2D eigenvalue weighted by molar-refractivity contribution is 6.13. The number of halogens is 9. The summed E-state index contributed by atoms with van der Waals surface area (Å²) in [5.41, 5.74) is -1.71. The van der Waals surface area contributed by atoms with Crippen LogP contribution in [-0.2, 0) is 32.8 Å². The van der Waals surface area contributed by atoms with Gasteiger partial charge in [-0.25, -0.2) is 0 Å². The second-order valence-corrected chi connectivity index (χ2v) is 14.2. The van der Waals surface area contributed by atoms with Gasteiger partial charge >= 0.3 is 18.7 Å². The molecule has 15 heteroatoms. The minimum Gasteiger partial charge on any atom is -0.508 e. The molecule has 0 bridgehead atoms. The zero-order chi connectivity index (χ0) is 43.4. The summed E-state index contributed by atoms with van der Waals surface area (Å²) in [6, 6.07) is 31.5. The number of phenols is 1. The Bertz CT molecular complexity index is 2540. The number of carbonyl (C=O) groups is 2. The first-order valence-electron chi connectivity index (χ1n) is 18.0.